The predicted octanol–water partition coefficient (Wildman–Crippen LogP) is -1.27. The van der Waals surface area contributed by atoms with Crippen LogP contribution >= 0.6 is 0 Å². The number of carbonyl (C=O) groups excluding carboxylic acids is 1. The molecule has 0 aromatic carbocycles. The molecule has 0 aliphatic heterocycles. The SMILES string of the molecule is CCN(C)C(=O)Cn1nnnc1N. The van der Waals surface area contributed by atoms with E-state index >= 15 is 0 Å². The van der Waals surface area contributed by atoms with E-state index in [0.29, 0.717) is 6.54 Å². The largest absolute Gasteiger partial charge is 0.367 e. The summed E-state index contributed by atoms with van der Waals surface area (Å²) in [5.74, 6) is 0.0827. The van der Waals surface area contributed by atoms with Crippen molar-refractivity contribution in [1.82, 2.24) is 25.1 Å². The number of likely N-dealkylation sites (N-methyl/N-ethyl adjacent to an activating group) is 1. The third-order valence-corrected chi connectivity index (χ3v) is 1.74. The Kier molecular flexibility index (Phi) is 2.78. The highest BCUT2D eigenvalue weighted by molar-refractivity contribution is 5.75. The van der Waals surface area contributed by atoms with Crippen molar-refractivity contribution in [2.75, 3.05) is 19.3 Å². The van der Waals surface area contributed by atoms with Crippen LogP contribution in [0.15, 0.2) is 0 Å². The van der Waals surface area contributed by atoms with Crippen LogP contribution in [0.25, 0.3) is 0 Å². The van der Waals surface area contributed by atoms with E-state index in [1.807, 2.05) is 6.92 Å². The summed E-state index contributed by atoms with van der Waals surface area (Å²) in [4.78, 5) is 12.9. The molecule has 0 aliphatic carbocycles. The van der Waals surface area contributed by atoms with Crippen molar-refractivity contribution in [3.8, 4) is 0 Å². The molecule has 0 atom stereocenters. The zero-order chi connectivity index (χ0) is 9.84. The lowest BCUT2D eigenvalue weighted by Gasteiger charge is -2.13. The van der Waals surface area contributed by atoms with E-state index in [-0.39, 0.29) is 18.4 Å². The van der Waals surface area contributed by atoms with Crippen molar-refractivity contribution in [1.29, 1.82) is 0 Å². The fraction of sp³-hybridized carbons (Fsp3) is 0.667. The first kappa shape index (κ1) is 9.43. The standard InChI is InChI=1S/C6H12N6O/c1-3-11(2)5(13)4-12-6(7)8-9-10-12/h3-4H2,1-2H3,(H2,7,8,10). The van der Waals surface area contributed by atoms with Crippen LogP contribution in [0, 0.1) is 0 Å². The number of carbonyl (C=O) groups is 1. The van der Waals surface area contributed by atoms with Crippen molar-refractivity contribution in [2.45, 2.75) is 13.5 Å². The van der Waals surface area contributed by atoms with Gasteiger partial charge in [-0.25, -0.2) is 4.68 Å². The summed E-state index contributed by atoms with van der Waals surface area (Å²) < 4.78 is 1.26. The molecule has 0 spiro atoms. The molecule has 0 radical (unpaired) electrons. The number of tetrazole rings is 1. The third kappa shape index (κ3) is 2.14. The third-order valence-electron chi connectivity index (χ3n) is 1.74. The van der Waals surface area contributed by atoms with Gasteiger partial charge in [0.2, 0.25) is 11.9 Å². The topological polar surface area (TPSA) is 89.9 Å². The van der Waals surface area contributed by atoms with Crippen molar-refractivity contribution in [3.63, 3.8) is 0 Å². The van der Waals surface area contributed by atoms with E-state index in [2.05, 4.69) is 15.5 Å². The Morgan fingerprint density at radius 3 is 2.85 bits per heavy atom. The molecular formula is C6H12N6O. The lowest BCUT2D eigenvalue weighted by Crippen LogP contribution is -2.30. The maximum absolute atomic E-state index is 11.3. The van der Waals surface area contributed by atoms with Gasteiger partial charge in [-0.3, -0.25) is 4.79 Å². The normalized spacial score (nSPS) is 10.0. The Balaban J connectivity index is 2.60. The lowest BCUT2D eigenvalue weighted by atomic mass is 10.5. The molecule has 2 N–H and O–H groups in total. The first-order valence-electron chi connectivity index (χ1n) is 3.90. The second-order valence-corrected chi connectivity index (χ2v) is 2.60. The van der Waals surface area contributed by atoms with Crippen LogP contribution in [0.2, 0.25) is 0 Å². The molecular weight excluding hydrogens is 172 g/mol. The van der Waals surface area contributed by atoms with Gasteiger partial charge in [0.15, 0.2) is 0 Å². The first-order valence-corrected chi connectivity index (χ1v) is 3.90. The Morgan fingerprint density at radius 2 is 2.38 bits per heavy atom. The van der Waals surface area contributed by atoms with Gasteiger partial charge >= 0.3 is 0 Å². The quantitative estimate of drug-likeness (QED) is 0.632. The Morgan fingerprint density at radius 1 is 1.69 bits per heavy atom. The number of hydrogen-bond donors (Lipinski definition) is 1. The van der Waals surface area contributed by atoms with Gasteiger partial charge in [-0.1, -0.05) is 5.10 Å². The summed E-state index contributed by atoms with van der Waals surface area (Å²) >= 11 is 0. The maximum Gasteiger partial charge on any atom is 0.244 e. The number of rotatable bonds is 3. The molecule has 0 bridgehead atoms. The van der Waals surface area contributed by atoms with Crippen LogP contribution in [0.1, 0.15) is 6.92 Å². The number of nitrogens with zero attached hydrogens (tertiary/aromatic N) is 5. The fourth-order valence-corrected chi connectivity index (χ4v) is 0.749. The molecule has 0 saturated heterocycles. The van der Waals surface area contributed by atoms with E-state index in [4.69, 9.17) is 5.73 Å². The summed E-state index contributed by atoms with van der Waals surface area (Å²) in [6.07, 6.45) is 0. The highest BCUT2D eigenvalue weighted by atomic mass is 16.2. The van der Waals surface area contributed by atoms with Crippen LogP contribution in [0.5, 0.6) is 0 Å². The van der Waals surface area contributed by atoms with E-state index in [9.17, 15) is 4.79 Å². The van der Waals surface area contributed by atoms with E-state index < -0.39 is 0 Å². The molecule has 13 heavy (non-hydrogen) atoms. The van der Waals surface area contributed by atoms with E-state index in [1.54, 1.807) is 11.9 Å². The van der Waals surface area contributed by atoms with Gasteiger partial charge in [0.1, 0.15) is 6.54 Å². The molecule has 7 nitrogen and oxygen atoms in total. The zero-order valence-electron chi connectivity index (χ0n) is 7.64. The predicted molar refractivity (Wildman–Crippen MR) is 45.5 cm³/mol. The molecule has 1 aromatic heterocycles. The summed E-state index contributed by atoms with van der Waals surface area (Å²) in [6.45, 7) is 2.63. The Labute approximate surface area is 75.5 Å². The molecule has 1 amide bonds. The van der Waals surface area contributed by atoms with Crippen LogP contribution in [-0.2, 0) is 11.3 Å². The number of hydrogen-bond acceptors (Lipinski definition) is 5. The van der Waals surface area contributed by atoms with Gasteiger partial charge in [-0.2, -0.15) is 0 Å². The van der Waals surface area contributed by atoms with Crippen LogP contribution in [0.4, 0.5) is 5.95 Å². The summed E-state index contributed by atoms with van der Waals surface area (Å²) in [6, 6.07) is 0. The number of nitrogen functional groups attached to an aromatic ring is 1. The van der Waals surface area contributed by atoms with Crippen molar-refractivity contribution < 1.29 is 4.79 Å². The van der Waals surface area contributed by atoms with Crippen LogP contribution in [-0.4, -0.2) is 44.6 Å². The average molecular weight is 184 g/mol. The molecule has 0 saturated carbocycles. The average Bonchev–Trinajstić information content (AvgIpc) is 2.50. The second kappa shape index (κ2) is 3.83. The van der Waals surface area contributed by atoms with Crippen LogP contribution < -0.4 is 5.73 Å². The van der Waals surface area contributed by atoms with Gasteiger partial charge in [0.25, 0.3) is 0 Å². The summed E-state index contributed by atoms with van der Waals surface area (Å²) in [7, 11) is 1.71. The van der Waals surface area contributed by atoms with Crippen molar-refractivity contribution in [3.05, 3.63) is 0 Å². The van der Waals surface area contributed by atoms with E-state index in [0.717, 1.165) is 0 Å². The minimum absolute atomic E-state index is 0.0681. The summed E-state index contributed by atoms with van der Waals surface area (Å²) in [5, 5.41) is 10.3. The van der Waals surface area contributed by atoms with Crippen molar-refractivity contribution in [2.24, 2.45) is 0 Å². The Bertz CT molecular complexity index is 295. The maximum atomic E-state index is 11.3. The zero-order valence-corrected chi connectivity index (χ0v) is 7.64. The van der Waals surface area contributed by atoms with Gasteiger partial charge < -0.3 is 10.6 Å². The molecule has 1 aromatic rings. The fourth-order valence-electron chi connectivity index (χ4n) is 0.749. The second-order valence-electron chi connectivity index (χ2n) is 2.60. The Hall–Kier alpha value is -1.66. The van der Waals surface area contributed by atoms with E-state index in [1.165, 1.54) is 4.68 Å². The molecule has 0 aliphatic rings. The number of nitrogens with two attached hydrogens (primary N) is 1. The van der Waals surface area contributed by atoms with Crippen LogP contribution in [0.3, 0.4) is 0 Å². The molecule has 0 unspecified atom stereocenters. The lowest BCUT2D eigenvalue weighted by molar-refractivity contribution is -0.130. The minimum atomic E-state index is -0.0681. The number of anilines is 1. The molecule has 0 fully saturated rings. The smallest absolute Gasteiger partial charge is 0.244 e. The highest BCUT2D eigenvalue weighted by Crippen LogP contribution is 1.94. The van der Waals surface area contributed by atoms with Gasteiger partial charge in [-0.15, -0.1) is 0 Å². The molecule has 1 rings (SSSR count). The highest BCUT2D eigenvalue weighted by Gasteiger charge is 2.10. The summed E-state index contributed by atoms with van der Waals surface area (Å²) in [5.41, 5.74) is 5.39. The molecule has 72 valence electrons. The monoisotopic (exact) mass is 184 g/mol. The number of aromatic nitrogens is 4. The number of amides is 1. The molecule has 7 heteroatoms. The van der Waals surface area contributed by atoms with Gasteiger partial charge in [0, 0.05) is 13.6 Å². The van der Waals surface area contributed by atoms with Gasteiger partial charge in [0.05, 0.1) is 0 Å². The molecule has 1 heterocycles. The van der Waals surface area contributed by atoms with Crippen molar-refractivity contribution >= 4 is 11.9 Å². The van der Waals surface area contributed by atoms with Gasteiger partial charge in [-0.05, 0) is 17.4 Å². The minimum Gasteiger partial charge on any atom is -0.367 e. The first-order chi connectivity index (χ1) is 6.15.